The molecule has 0 radical (unpaired) electrons. The second-order valence-corrected chi connectivity index (χ2v) is 11.7. The van der Waals surface area contributed by atoms with Crippen LogP contribution in [0.1, 0.15) is 123 Å². The van der Waals surface area contributed by atoms with Crippen LogP contribution in [0.15, 0.2) is 0 Å². The third-order valence-corrected chi connectivity index (χ3v) is 9.96. The maximum absolute atomic E-state index is 5.80. The summed E-state index contributed by atoms with van der Waals surface area (Å²) in [5.74, 6) is 14.1. The minimum atomic E-state index is 0.514. The molecule has 4 aliphatic carbocycles. The fourth-order valence-corrected chi connectivity index (χ4v) is 7.74. The summed E-state index contributed by atoms with van der Waals surface area (Å²) in [7, 11) is 0. The van der Waals surface area contributed by atoms with Crippen LogP contribution in [0, 0.1) is 53.3 Å². The van der Waals surface area contributed by atoms with Crippen LogP contribution in [-0.4, -0.2) is 12.7 Å². The molecule has 0 unspecified atom stereocenters. The Bertz CT molecular complexity index is 553. The van der Waals surface area contributed by atoms with Crippen molar-refractivity contribution in [3.8, 4) is 11.8 Å². The first-order chi connectivity index (χ1) is 15.2. The summed E-state index contributed by atoms with van der Waals surface area (Å²) in [6.07, 6.45) is 24.9. The Morgan fingerprint density at radius 3 is 1.32 bits per heavy atom. The topological polar surface area (TPSA) is 9.23 Å². The van der Waals surface area contributed by atoms with Crippen molar-refractivity contribution >= 4 is 0 Å². The average molecular weight is 427 g/mol. The van der Waals surface area contributed by atoms with Gasteiger partial charge in [-0.25, -0.2) is 0 Å². The van der Waals surface area contributed by atoms with Gasteiger partial charge >= 0.3 is 0 Å². The van der Waals surface area contributed by atoms with Crippen LogP contribution in [0.4, 0.5) is 0 Å². The van der Waals surface area contributed by atoms with Crippen LogP contribution < -0.4 is 0 Å². The number of rotatable bonds is 5. The third-order valence-electron chi connectivity index (χ3n) is 9.96. The largest absolute Gasteiger partial charge is 0.379 e. The van der Waals surface area contributed by atoms with E-state index in [9.17, 15) is 0 Å². The lowest BCUT2D eigenvalue weighted by atomic mass is 9.65. The van der Waals surface area contributed by atoms with Gasteiger partial charge < -0.3 is 4.74 Å². The summed E-state index contributed by atoms with van der Waals surface area (Å²) < 4.78 is 5.80. The molecule has 1 heteroatoms. The van der Waals surface area contributed by atoms with Crippen LogP contribution in [0.5, 0.6) is 0 Å². The third kappa shape index (κ3) is 6.76. The van der Waals surface area contributed by atoms with Crippen LogP contribution >= 0.6 is 0 Å². The number of hydrogen-bond acceptors (Lipinski definition) is 1. The van der Waals surface area contributed by atoms with E-state index in [1.165, 1.54) is 70.6 Å². The zero-order chi connectivity index (χ0) is 21.5. The van der Waals surface area contributed by atoms with Crippen LogP contribution in [0.2, 0.25) is 0 Å². The van der Waals surface area contributed by atoms with E-state index < -0.39 is 0 Å². The highest BCUT2D eigenvalue weighted by molar-refractivity contribution is 5.09. The Labute approximate surface area is 193 Å². The first kappa shape index (κ1) is 23.7. The highest BCUT2D eigenvalue weighted by Gasteiger charge is 2.34. The second-order valence-electron chi connectivity index (χ2n) is 11.7. The van der Waals surface area contributed by atoms with Crippen molar-refractivity contribution in [1.82, 2.24) is 0 Å². The molecular weight excluding hydrogens is 376 g/mol. The SMILES string of the molecule is CCOC1CCC(C#CC2CCC(C3CCC(C4CCC(CC)CC4)CC3)CC2)CC1. The molecule has 0 bridgehead atoms. The lowest BCUT2D eigenvalue weighted by Gasteiger charge is -2.41. The van der Waals surface area contributed by atoms with Gasteiger partial charge in [-0.2, -0.15) is 0 Å². The molecule has 0 N–H and O–H groups in total. The molecule has 4 saturated carbocycles. The lowest BCUT2D eigenvalue weighted by molar-refractivity contribution is 0.0310. The lowest BCUT2D eigenvalue weighted by Crippen LogP contribution is -2.29. The van der Waals surface area contributed by atoms with Gasteiger partial charge in [-0.05, 0) is 126 Å². The van der Waals surface area contributed by atoms with E-state index in [1.807, 2.05) is 0 Å². The molecule has 176 valence electrons. The maximum Gasteiger partial charge on any atom is 0.0575 e. The zero-order valence-electron chi connectivity index (χ0n) is 20.8. The van der Waals surface area contributed by atoms with Gasteiger partial charge in [-0.1, -0.05) is 38.0 Å². The molecular formula is C30H50O. The zero-order valence-corrected chi connectivity index (χ0v) is 20.8. The summed E-state index contributed by atoms with van der Waals surface area (Å²) >= 11 is 0. The minimum Gasteiger partial charge on any atom is -0.379 e. The summed E-state index contributed by atoms with van der Waals surface area (Å²) in [6.45, 7) is 5.38. The first-order valence-corrected chi connectivity index (χ1v) is 14.4. The van der Waals surface area contributed by atoms with E-state index >= 15 is 0 Å². The fraction of sp³-hybridized carbons (Fsp3) is 0.933. The Kier molecular flexibility index (Phi) is 9.25. The van der Waals surface area contributed by atoms with Crippen molar-refractivity contribution in [2.45, 2.75) is 129 Å². The Morgan fingerprint density at radius 1 is 0.516 bits per heavy atom. The second kappa shape index (κ2) is 12.1. The van der Waals surface area contributed by atoms with Crippen molar-refractivity contribution in [2.24, 2.45) is 41.4 Å². The van der Waals surface area contributed by atoms with Crippen molar-refractivity contribution in [2.75, 3.05) is 6.61 Å². The Morgan fingerprint density at radius 2 is 0.903 bits per heavy atom. The highest BCUT2D eigenvalue weighted by atomic mass is 16.5. The fourth-order valence-electron chi connectivity index (χ4n) is 7.74. The molecule has 0 aromatic carbocycles. The van der Waals surface area contributed by atoms with Gasteiger partial charge in [0.25, 0.3) is 0 Å². The van der Waals surface area contributed by atoms with Crippen molar-refractivity contribution < 1.29 is 4.74 Å². The monoisotopic (exact) mass is 426 g/mol. The van der Waals surface area contributed by atoms with Gasteiger partial charge in [0.05, 0.1) is 6.10 Å². The van der Waals surface area contributed by atoms with E-state index in [2.05, 4.69) is 25.7 Å². The predicted octanol–water partition coefficient (Wildman–Crippen LogP) is 8.41. The van der Waals surface area contributed by atoms with E-state index in [0.29, 0.717) is 17.9 Å². The van der Waals surface area contributed by atoms with E-state index in [1.54, 1.807) is 38.5 Å². The highest BCUT2D eigenvalue weighted by Crippen LogP contribution is 2.46. The molecule has 0 atom stereocenters. The first-order valence-electron chi connectivity index (χ1n) is 14.4. The number of ether oxygens (including phenoxy) is 1. The quantitative estimate of drug-likeness (QED) is 0.401. The molecule has 1 nitrogen and oxygen atoms in total. The summed E-state index contributed by atoms with van der Waals surface area (Å²) in [5, 5.41) is 0. The Balaban J connectivity index is 1.13. The molecule has 0 aliphatic heterocycles. The molecule has 0 aromatic heterocycles. The van der Waals surface area contributed by atoms with Gasteiger partial charge in [0.1, 0.15) is 0 Å². The molecule has 0 spiro atoms. The van der Waals surface area contributed by atoms with Gasteiger partial charge in [0.15, 0.2) is 0 Å². The van der Waals surface area contributed by atoms with E-state index in [0.717, 1.165) is 36.2 Å². The van der Waals surface area contributed by atoms with Gasteiger partial charge in [-0.15, -0.1) is 0 Å². The number of hydrogen-bond donors (Lipinski definition) is 0. The molecule has 0 heterocycles. The molecule has 4 rings (SSSR count). The van der Waals surface area contributed by atoms with Crippen molar-refractivity contribution in [1.29, 1.82) is 0 Å². The molecule has 4 aliphatic rings. The minimum absolute atomic E-state index is 0.514. The normalized spacial score (nSPS) is 41.9. The summed E-state index contributed by atoms with van der Waals surface area (Å²) in [6, 6.07) is 0. The standard InChI is InChI=1S/C30H50O/c1-3-23-7-13-26(14-8-23)28-17-19-29(20-18-28)27-15-9-24(10-16-27)5-6-25-11-21-30(22-12-25)31-4-2/h23-30H,3-4,7-22H2,1-2H3. The van der Waals surface area contributed by atoms with Gasteiger partial charge in [0, 0.05) is 18.4 Å². The molecule has 31 heavy (non-hydrogen) atoms. The van der Waals surface area contributed by atoms with Crippen molar-refractivity contribution in [3.63, 3.8) is 0 Å². The van der Waals surface area contributed by atoms with E-state index in [4.69, 9.17) is 4.74 Å². The van der Waals surface area contributed by atoms with Crippen LogP contribution in [0.3, 0.4) is 0 Å². The van der Waals surface area contributed by atoms with Gasteiger partial charge in [-0.3, -0.25) is 0 Å². The van der Waals surface area contributed by atoms with Gasteiger partial charge in [0.2, 0.25) is 0 Å². The average Bonchev–Trinajstić information content (AvgIpc) is 2.84. The summed E-state index contributed by atoms with van der Waals surface area (Å²) in [4.78, 5) is 0. The summed E-state index contributed by atoms with van der Waals surface area (Å²) in [5.41, 5.74) is 0. The smallest absolute Gasteiger partial charge is 0.0575 e. The molecule has 0 aromatic rings. The Hall–Kier alpha value is -0.480. The molecule has 0 saturated heterocycles. The predicted molar refractivity (Wildman–Crippen MR) is 132 cm³/mol. The van der Waals surface area contributed by atoms with Crippen molar-refractivity contribution in [3.05, 3.63) is 0 Å². The van der Waals surface area contributed by atoms with Crippen LogP contribution in [0.25, 0.3) is 0 Å². The van der Waals surface area contributed by atoms with E-state index in [-0.39, 0.29) is 0 Å². The molecule has 0 amide bonds. The van der Waals surface area contributed by atoms with Crippen LogP contribution in [-0.2, 0) is 4.74 Å². The molecule has 4 fully saturated rings. The maximum atomic E-state index is 5.80.